The Hall–Kier alpha value is -3.03. The molecule has 1 aliphatic carbocycles. The summed E-state index contributed by atoms with van der Waals surface area (Å²) >= 11 is 0. The van der Waals surface area contributed by atoms with Crippen LogP contribution >= 0.6 is 0 Å². The van der Waals surface area contributed by atoms with Gasteiger partial charge in [0.2, 0.25) is 5.91 Å². The second kappa shape index (κ2) is 7.92. The van der Waals surface area contributed by atoms with Crippen LogP contribution in [-0.4, -0.2) is 51.9 Å². The highest BCUT2D eigenvalue weighted by atomic mass is 16.2. The van der Waals surface area contributed by atoms with Crippen LogP contribution in [0.5, 0.6) is 0 Å². The molecule has 1 aliphatic heterocycles. The molecule has 8 heteroatoms. The number of ketones is 1. The first-order chi connectivity index (χ1) is 13.3. The van der Waals surface area contributed by atoms with Crippen LogP contribution in [0.2, 0.25) is 0 Å². The standard InChI is InChI=1S/C20H23N3O5/c1-12-6-3-4-9-16(12)23-19(27)18(26)22(20(23)28)11-17(25)21-15-8-5-7-14(10-15)13(2)24/h5,7-8,10,12,16H,3-4,6,9,11H2,1-2H3,(H,21,25)/t12-,16-/m1/s1. The highest BCUT2D eigenvalue weighted by Crippen LogP contribution is 2.31. The highest BCUT2D eigenvalue weighted by molar-refractivity contribution is 6.45. The minimum Gasteiger partial charge on any atom is -0.325 e. The van der Waals surface area contributed by atoms with Gasteiger partial charge in [0.05, 0.1) is 0 Å². The summed E-state index contributed by atoms with van der Waals surface area (Å²) in [5, 5.41) is 2.56. The number of nitrogens with zero attached hydrogens (tertiary/aromatic N) is 2. The first-order valence-corrected chi connectivity index (χ1v) is 9.39. The van der Waals surface area contributed by atoms with Crippen molar-refractivity contribution in [3.8, 4) is 0 Å². The zero-order valence-electron chi connectivity index (χ0n) is 15.9. The van der Waals surface area contributed by atoms with Gasteiger partial charge in [-0.25, -0.2) is 9.69 Å². The Balaban J connectivity index is 1.70. The van der Waals surface area contributed by atoms with E-state index in [-0.39, 0.29) is 17.7 Å². The van der Waals surface area contributed by atoms with Crippen LogP contribution in [0.3, 0.4) is 0 Å². The summed E-state index contributed by atoms with van der Waals surface area (Å²) in [7, 11) is 0. The van der Waals surface area contributed by atoms with Gasteiger partial charge in [-0.15, -0.1) is 0 Å². The number of carbonyl (C=O) groups excluding carboxylic acids is 5. The molecule has 148 valence electrons. The van der Waals surface area contributed by atoms with Gasteiger partial charge >= 0.3 is 17.8 Å². The van der Waals surface area contributed by atoms with Gasteiger partial charge in [0, 0.05) is 17.3 Å². The van der Waals surface area contributed by atoms with E-state index in [2.05, 4.69) is 5.32 Å². The molecule has 0 aromatic heterocycles. The number of amides is 5. The molecule has 2 fully saturated rings. The van der Waals surface area contributed by atoms with Crippen molar-refractivity contribution in [2.75, 3.05) is 11.9 Å². The van der Waals surface area contributed by atoms with Gasteiger partial charge in [0.1, 0.15) is 6.54 Å². The lowest BCUT2D eigenvalue weighted by molar-refractivity contribution is -0.145. The van der Waals surface area contributed by atoms with Crippen molar-refractivity contribution >= 4 is 35.2 Å². The molecule has 8 nitrogen and oxygen atoms in total. The van der Waals surface area contributed by atoms with Gasteiger partial charge in [-0.3, -0.25) is 24.1 Å². The van der Waals surface area contributed by atoms with Crippen molar-refractivity contribution in [1.29, 1.82) is 0 Å². The molecular formula is C20H23N3O5. The van der Waals surface area contributed by atoms with E-state index < -0.39 is 30.3 Å². The summed E-state index contributed by atoms with van der Waals surface area (Å²) in [4.78, 5) is 62.8. The monoisotopic (exact) mass is 385 g/mol. The van der Waals surface area contributed by atoms with Gasteiger partial charge in [-0.2, -0.15) is 0 Å². The summed E-state index contributed by atoms with van der Waals surface area (Å²) in [6, 6.07) is 5.30. The van der Waals surface area contributed by atoms with E-state index in [1.165, 1.54) is 13.0 Å². The van der Waals surface area contributed by atoms with E-state index in [9.17, 15) is 24.0 Å². The van der Waals surface area contributed by atoms with Crippen LogP contribution in [0.1, 0.15) is 49.9 Å². The molecule has 28 heavy (non-hydrogen) atoms. The summed E-state index contributed by atoms with van der Waals surface area (Å²) in [6.07, 6.45) is 3.49. The number of rotatable bonds is 5. The van der Waals surface area contributed by atoms with Gasteiger partial charge < -0.3 is 5.32 Å². The summed E-state index contributed by atoms with van der Waals surface area (Å²) in [5.74, 6) is -2.49. The lowest BCUT2D eigenvalue weighted by atomic mass is 9.85. The summed E-state index contributed by atoms with van der Waals surface area (Å²) in [6.45, 7) is 2.83. The average Bonchev–Trinajstić information content (AvgIpc) is 2.86. The van der Waals surface area contributed by atoms with Crippen molar-refractivity contribution in [2.24, 2.45) is 5.92 Å². The van der Waals surface area contributed by atoms with Crippen LogP contribution in [0.4, 0.5) is 10.5 Å². The second-order valence-corrected chi connectivity index (χ2v) is 7.36. The Morgan fingerprint density at radius 1 is 1.11 bits per heavy atom. The fourth-order valence-electron chi connectivity index (χ4n) is 3.79. The summed E-state index contributed by atoms with van der Waals surface area (Å²) in [5.41, 5.74) is 0.805. The number of hydrogen-bond acceptors (Lipinski definition) is 5. The Labute approximate surface area is 162 Å². The molecule has 1 heterocycles. The molecule has 1 N–H and O–H groups in total. The van der Waals surface area contributed by atoms with Crippen LogP contribution in [0, 0.1) is 5.92 Å². The van der Waals surface area contributed by atoms with Crippen LogP contribution in [0.25, 0.3) is 0 Å². The second-order valence-electron chi connectivity index (χ2n) is 7.36. The summed E-state index contributed by atoms with van der Waals surface area (Å²) < 4.78 is 0. The molecule has 0 radical (unpaired) electrons. The molecule has 2 aliphatic rings. The molecule has 3 rings (SSSR count). The van der Waals surface area contributed by atoms with Crippen LogP contribution in [-0.2, 0) is 14.4 Å². The third-order valence-electron chi connectivity index (χ3n) is 5.34. The van der Waals surface area contributed by atoms with E-state index >= 15 is 0 Å². The number of hydrogen-bond donors (Lipinski definition) is 1. The minimum absolute atomic E-state index is 0.123. The minimum atomic E-state index is -0.976. The number of Topliss-reactive ketones (excluding diaryl/α,β-unsaturated/α-hetero) is 1. The molecule has 1 saturated carbocycles. The number of anilines is 1. The maximum atomic E-state index is 12.7. The van der Waals surface area contributed by atoms with Gasteiger partial charge in [-0.1, -0.05) is 31.9 Å². The maximum absolute atomic E-state index is 12.7. The third kappa shape index (κ3) is 3.81. The molecule has 1 aromatic carbocycles. The molecule has 5 amide bonds. The molecule has 0 spiro atoms. The first kappa shape index (κ1) is 19.7. The number of urea groups is 1. The van der Waals surface area contributed by atoms with Crippen LogP contribution < -0.4 is 5.32 Å². The number of carbonyl (C=O) groups is 5. The van der Waals surface area contributed by atoms with Crippen molar-refractivity contribution in [3.63, 3.8) is 0 Å². The zero-order chi connectivity index (χ0) is 20.4. The van der Waals surface area contributed by atoms with Crippen LogP contribution in [0.15, 0.2) is 24.3 Å². The average molecular weight is 385 g/mol. The van der Waals surface area contributed by atoms with Crippen molar-refractivity contribution < 1.29 is 24.0 Å². The lowest BCUT2D eigenvalue weighted by Crippen LogP contribution is -2.46. The Morgan fingerprint density at radius 2 is 1.82 bits per heavy atom. The number of imide groups is 2. The maximum Gasteiger partial charge on any atom is 0.334 e. The molecule has 1 aromatic rings. The Kier molecular flexibility index (Phi) is 5.58. The fourth-order valence-corrected chi connectivity index (χ4v) is 3.79. The fraction of sp³-hybridized carbons (Fsp3) is 0.450. The highest BCUT2D eigenvalue weighted by Gasteiger charge is 2.49. The number of benzene rings is 1. The Morgan fingerprint density at radius 3 is 2.50 bits per heavy atom. The zero-order valence-corrected chi connectivity index (χ0v) is 15.9. The van der Waals surface area contributed by atoms with E-state index in [1.807, 2.05) is 6.92 Å². The molecule has 1 saturated heterocycles. The largest absolute Gasteiger partial charge is 0.334 e. The quantitative estimate of drug-likeness (QED) is 0.475. The van der Waals surface area contributed by atoms with E-state index in [1.54, 1.807) is 18.2 Å². The normalized spacial score (nSPS) is 22.6. The van der Waals surface area contributed by atoms with Gasteiger partial charge in [-0.05, 0) is 37.8 Å². The molecule has 0 unspecified atom stereocenters. The molecule has 0 bridgehead atoms. The van der Waals surface area contributed by atoms with Gasteiger partial charge in [0.25, 0.3) is 0 Å². The van der Waals surface area contributed by atoms with E-state index in [0.29, 0.717) is 22.6 Å². The van der Waals surface area contributed by atoms with Gasteiger partial charge in [0.15, 0.2) is 5.78 Å². The first-order valence-electron chi connectivity index (χ1n) is 9.39. The smallest absolute Gasteiger partial charge is 0.325 e. The van der Waals surface area contributed by atoms with E-state index in [4.69, 9.17) is 0 Å². The predicted molar refractivity (Wildman–Crippen MR) is 100 cm³/mol. The third-order valence-corrected chi connectivity index (χ3v) is 5.34. The van der Waals surface area contributed by atoms with Crippen molar-refractivity contribution in [2.45, 2.75) is 45.6 Å². The molecular weight excluding hydrogens is 362 g/mol. The number of nitrogens with one attached hydrogen (secondary N) is 1. The lowest BCUT2D eigenvalue weighted by Gasteiger charge is -2.34. The SMILES string of the molecule is CC(=O)c1cccc(NC(=O)CN2C(=O)C(=O)N([C@@H]3CCCC[C@H]3C)C2=O)c1. The Bertz CT molecular complexity index is 850. The van der Waals surface area contributed by atoms with E-state index in [0.717, 1.165) is 24.2 Å². The predicted octanol–water partition coefficient (Wildman–Crippen LogP) is 2.20. The van der Waals surface area contributed by atoms with Crippen molar-refractivity contribution in [1.82, 2.24) is 9.80 Å². The topological polar surface area (TPSA) is 104 Å². The van der Waals surface area contributed by atoms with Crippen molar-refractivity contribution in [3.05, 3.63) is 29.8 Å². The molecule has 2 atom stereocenters.